The summed E-state index contributed by atoms with van der Waals surface area (Å²) >= 11 is 5.80. The lowest BCUT2D eigenvalue weighted by Gasteiger charge is -2.24. The van der Waals surface area contributed by atoms with E-state index >= 15 is 0 Å². The van der Waals surface area contributed by atoms with Crippen molar-refractivity contribution in [2.75, 3.05) is 5.88 Å². The van der Waals surface area contributed by atoms with Gasteiger partial charge in [0.2, 0.25) is 5.91 Å². The fourth-order valence-corrected chi connectivity index (χ4v) is 1.69. The molecular weight excluding hydrogens is 246 g/mol. The van der Waals surface area contributed by atoms with E-state index in [1.807, 2.05) is 20.8 Å². The van der Waals surface area contributed by atoms with Gasteiger partial charge in [0.05, 0.1) is 11.5 Å². The first kappa shape index (κ1) is 15.0. The number of carbonyl (C=O) groups excluding carboxylic acids is 1. The van der Waals surface area contributed by atoms with Crippen LogP contribution in [0.4, 0.5) is 0 Å². The molecule has 0 bridgehead atoms. The van der Waals surface area contributed by atoms with Crippen LogP contribution >= 0.6 is 11.6 Å². The molecule has 0 aliphatic heterocycles. The van der Waals surface area contributed by atoms with Crippen molar-refractivity contribution in [2.45, 2.75) is 40.7 Å². The third-order valence-corrected chi connectivity index (χ3v) is 4.00. The Hall–Kier alpha value is -1.02. The summed E-state index contributed by atoms with van der Waals surface area (Å²) in [5.41, 5.74) is 3.09. The van der Waals surface area contributed by atoms with Crippen LogP contribution in [0, 0.1) is 19.3 Å². The number of carbonyl (C=O) groups is 1. The Morgan fingerprint density at radius 2 is 1.94 bits per heavy atom. The molecule has 1 N–H and O–H groups in total. The van der Waals surface area contributed by atoms with Crippen LogP contribution in [0.25, 0.3) is 0 Å². The van der Waals surface area contributed by atoms with Crippen LogP contribution in [0.1, 0.15) is 43.5 Å². The fraction of sp³-hybridized carbons (Fsp3) is 0.533. The van der Waals surface area contributed by atoms with Gasteiger partial charge in [0.25, 0.3) is 0 Å². The Bertz CT molecular complexity index is 440. The van der Waals surface area contributed by atoms with Crippen molar-refractivity contribution in [2.24, 2.45) is 5.41 Å². The molecule has 1 aromatic carbocycles. The third-order valence-electron chi connectivity index (χ3n) is 3.33. The molecule has 100 valence electrons. The summed E-state index contributed by atoms with van der Waals surface area (Å²) in [6.45, 7) is 9.85. The maximum Gasteiger partial charge on any atom is 0.227 e. The molecule has 0 heterocycles. The zero-order valence-corrected chi connectivity index (χ0v) is 12.6. The van der Waals surface area contributed by atoms with Crippen molar-refractivity contribution in [3.63, 3.8) is 0 Å². The van der Waals surface area contributed by atoms with E-state index in [0.717, 1.165) is 5.56 Å². The van der Waals surface area contributed by atoms with Crippen LogP contribution < -0.4 is 5.32 Å². The second-order valence-corrected chi connectivity index (χ2v) is 5.82. The van der Waals surface area contributed by atoms with Gasteiger partial charge in [-0.25, -0.2) is 0 Å². The maximum absolute atomic E-state index is 12.0. The van der Waals surface area contributed by atoms with E-state index in [2.05, 4.69) is 37.4 Å². The van der Waals surface area contributed by atoms with Gasteiger partial charge < -0.3 is 5.32 Å². The Balaban J connectivity index is 2.79. The molecule has 0 saturated heterocycles. The van der Waals surface area contributed by atoms with Crippen molar-refractivity contribution in [3.8, 4) is 0 Å². The van der Waals surface area contributed by atoms with Gasteiger partial charge in [0.15, 0.2) is 0 Å². The summed E-state index contributed by atoms with van der Waals surface area (Å²) in [6.07, 6.45) is 0. The lowest BCUT2D eigenvalue weighted by molar-refractivity contribution is -0.129. The standard InChI is InChI=1S/C15H22ClNO/c1-10-6-7-13(8-11(10)2)12(3)17-14(18)15(4,5)9-16/h6-8,12H,9H2,1-5H3,(H,17,18). The molecule has 18 heavy (non-hydrogen) atoms. The molecule has 0 saturated carbocycles. The molecule has 1 atom stereocenters. The molecule has 1 aromatic rings. The quantitative estimate of drug-likeness (QED) is 0.827. The number of benzene rings is 1. The third kappa shape index (κ3) is 3.49. The van der Waals surface area contributed by atoms with Gasteiger partial charge in [-0.15, -0.1) is 11.6 Å². The second-order valence-electron chi connectivity index (χ2n) is 5.56. The lowest BCUT2D eigenvalue weighted by atomic mass is 9.94. The van der Waals surface area contributed by atoms with E-state index in [9.17, 15) is 4.79 Å². The van der Waals surface area contributed by atoms with Gasteiger partial charge in [-0.3, -0.25) is 4.79 Å². The van der Waals surface area contributed by atoms with E-state index in [1.54, 1.807) is 0 Å². The number of halogens is 1. The molecule has 1 unspecified atom stereocenters. The van der Waals surface area contributed by atoms with Crippen LogP contribution in [-0.4, -0.2) is 11.8 Å². The maximum atomic E-state index is 12.0. The number of alkyl halides is 1. The molecule has 1 amide bonds. The minimum absolute atomic E-state index is 0.000656. The summed E-state index contributed by atoms with van der Waals surface area (Å²) in [4.78, 5) is 12.0. The molecule has 0 spiro atoms. The van der Waals surface area contributed by atoms with E-state index in [1.165, 1.54) is 11.1 Å². The zero-order chi connectivity index (χ0) is 13.9. The second kappa shape index (κ2) is 5.75. The van der Waals surface area contributed by atoms with Crippen LogP contribution in [0.3, 0.4) is 0 Å². The summed E-state index contributed by atoms with van der Waals surface area (Å²) in [5.74, 6) is 0.307. The van der Waals surface area contributed by atoms with Gasteiger partial charge in [-0.05, 0) is 51.3 Å². The molecule has 2 nitrogen and oxygen atoms in total. The fourth-order valence-electron chi connectivity index (χ4n) is 1.57. The highest BCUT2D eigenvalue weighted by molar-refractivity contribution is 6.19. The average molecular weight is 268 g/mol. The van der Waals surface area contributed by atoms with Crippen molar-refractivity contribution in [1.29, 1.82) is 0 Å². The van der Waals surface area contributed by atoms with Crippen LogP contribution in [-0.2, 0) is 4.79 Å². The van der Waals surface area contributed by atoms with E-state index < -0.39 is 5.41 Å². The van der Waals surface area contributed by atoms with Crippen molar-refractivity contribution in [3.05, 3.63) is 34.9 Å². The SMILES string of the molecule is Cc1ccc(C(C)NC(=O)C(C)(C)CCl)cc1C. The first-order valence-electron chi connectivity index (χ1n) is 6.22. The van der Waals surface area contributed by atoms with E-state index in [0.29, 0.717) is 5.88 Å². The molecular formula is C15H22ClNO. The predicted octanol–water partition coefficient (Wildman–Crippen LogP) is 3.75. The Labute approximate surface area is 115 Å². The largest absolute Gasteiger partial charge is 0.349 e. The predicted molar refractivity (Wildman–Crippen MR) is 77.0 cm³/mol. The summed E-state index contributed by atoms with van der Waals surface area (Å²) < 4.78 is 0. The monoisotopic (exact) mass is 267 g/mol. The van der Waals surface area contributed by atoms with E-state index in [-0.39, 0.29) is 11.9 Å². The minimum Gasteiger partial charge on any atom is -0.349 e. The minimum atomic E-state index is -0.532. The van der Waals surface area contributed by atoms with Crippen LogP contribution in [0.15, 0.2) is 18.2 Å². The topological polar surface area (TPSA) is 29.1 Å². The molecule has 0 radical (unpaired) electrons. The molecule has 0 aliphatic carbocycles. The normalized spacial score (nSPS) is 13.2. The van der Waals surface area contributed by atoms with Gasteiger partial charge in [-0.1, -0.05) is 18.2 Å². The number of hydrogen-bond acceptors (Lipinski definition) is 1. The Morgan fingerprint density at radius 3 is 2.44 bits per heavy atom. The van der Waals surface area contributed by atoms with Gasteiger partial charge in [0, 0.05) is 5.88 Å². The average Bonchev–Trinajstić information content (AvgIpc) is 2.32. The zero-order valence-electron chi connectivity index (χ0n) is 11.8. The first-order chi connectivity index (χ1) is 8.27. The van der Waals surface area contributed by atoms with Gasteiger partial charge >= 0.3 is 0 Å². The Morgan fingerprint density at radius 1 is 1.33 bits per heavy atom. The summed E-state index contributed by atoms with van der Waals surface area (Å²) in [6, 6.07) is 6.26. The highest BCUT2D eigenvalue weighted by Gasteiger charge is 2.27. The number of hydrogen-bond donors (Lipinski definition) is 1. The smallest absolute Gasteiger partial charge is 0.227 e. The van der Waals surface area contributed by atoms with E-state index in [4.69, 9.17) is 11.6 Å². The molecule has 0 fully saturated rings. The lowest BCUT2D eigenvalue weighted by Crippen LogP contribution is -2.39. The number of aryl methyl sites for hydroxylation is 2. The molecule has 3 heteroatoms. The summed E-state index contributed by atoms with van der Waals surface area (Å²) in [5, 5.41) is 3.01. The van der Waals surface area contributed by atoms with Crippen molar-refractivity contribution in [1.82, 2.24) is 5.32 Å². The summed E-state index contributed by atoms with van der Waals surface area (Å²) in [7, 11) is 0. The van der Waals surface area contributed by atoms with Crippen molar-refractivity contribution >= 4 is 17.5 Å². The number of amides is 1. The van der Waals surface area contributed by atoms with Gasteiger partial charge in [-0.2, -0.15) is 0 Å². The number of rotatable bonds is 4. The highest BCUT2D eigenvalue weighted by atomic mass is 35.5. The first-order valence-corrected chi connectivity index (χ1v) is 6.75. The van der Waals surface area contributed by atoms with Crippen LogP contribution in [0.2, 0.25) is 0 Å². The molecule has 0 aromatic heterocycles. The number of nitrogens with one attached hydrogen (secondary N) is 1. The molecule has 0 aliphatic rings. The molecule has 1 rings (SSSR count). The van der Waals surface area contributed by atoms with Crippen molar-refractivity contribution < 1.29 is 4.79 Å². The highest BCUT2D eigenvalue weighted by Crippen LogP contribution is 2.21. The Kier molecular flexibility index (Phi) is 4.80. The van der Waals surface area contributed by atoms with Crippen LogP contribution in [0.5, 0.6) is 0 Å². The van der Waals surface area contributed by atoms with Gasteiger partial charge in [0.1, 0.15) is 0 Å².